The molecule has 4 heteroatoms. The van der Waals surface area contributed by atoms with Crippen LogP contribution in [-0.2, 0) is 6.42 Å². The van der Waals surface area contributed by atoms with E-state index in [2.05, 4.69) is 4.98 Å². The minimum atomic E-state index is -0.928. The number of aryl methyl sites for hydroxylation is 1. The average molecular weight is 181 g/mol. The molecule has 0 aromatic carbocycles. The lowest BCUT2D eigenvalue weighted by Crippen LogP contribution is -1.94. The van der Waals surface area contributed by atoms with Crippen LogP contribution in [0.5, 0.6) is 0 Å². The minimum absolute atomic E-state index is 0.201. The molecule has 1 heterocycles. The molecule has 3 nitrogen and oxygen atoms in total. The summed E-state index contributed by atoms with van der Waals surface area (Å²) in [7, 11) is 0. The lowest BCUT2D eigenvalue weighted by Gasteiger charge is -1.99. The fraction of sp³-hybridized carbons (Fsp3) is 0.250. The highest BCUT2D eigenvalue weighted by molar-refractivity contribution is 7.13. The van der Waals surface area contributed by atoms with E-state index in [0.29, 0.717) is 0 Å². The van der Waals surface area contributed by atoms with Crippen molar-refractivity contribution in [3.8, 4) is 0 Å². The van der Waals surface area contributed by atoms with Gasteiger partial charge in [0.1, 0.15) is 0 Å². The minimum Gasteiger partial charge on any atom is -0.476 e. The van der Waals surface area contributed by atoms with Crippen LogP contribution in [0.3, 0.4) is 0 Å². The summed E-state index contributed by atoms with van der Waals surface area (Å²) in [5, 5.41) is 8.86. The first-order valence-electron chi connectivity index (χ1n) is 3.67. The Kier molecular flexibility index (Phi) is 1.69. The van der Waals surface area contributed by atoms with Crippen LogP contribution in [0.25, 0.3) is 6.08 Å². The van der Waals surface area contributed by atoms with E-state index in [1.807, 2.05) is 12.2 Å². The van der Waals surface area contributed by atoms with Gasteiger partial charge in [0, 0.05) is 4.88 Å². The Hall–Kier alpha value is -1.16. The number of thiazole rings is 1. The van der Waals surface area contributed by atoms with Crippen molar-refractivity contribution in [2.24, 2.45) is 0 Å². The molecular formula is C8H7NO2S. The second-order valence-corrected chi connectivity index (χ2v) is 3.66. The van der Waals surface area contributed by atoms with E-state index in [1.165, 1.54) is 11.3 Å². The monoisotopic (exact) mass is 181 g/mol. The first-order chi connectivity index (χ1) is 5.77. The summed E-state index contributed by atoms with van der Waals surface area (Å²) in [6.07, 6.45) is 5.83. The predicted molar refractivity (Wildman–Crippen MR) is 46.4 cm³/mol. The van der Waals surface area contributed by atoms with Crippen molar-refractivity contribution in [1.82, 2.24) is 4.98 Å². The van der Waals surface area contributed by atoms with E-state index in [-0.39, 0.29) is 5.01 Å². The Morgan fingerprint density at radius 2 is 2.50 bits per heavy atom. The van der Waals surface area contributed by atoms with Crippen molar-refractivity contribution in [2.75, 3.05) is 0 Å². The van der Waals surface area contributed by atoms with Crippen molar-refractivity contribution >= 4 is 23.4 Å². The van der Waals surface area contributed by atoms with Gasteiger partial charge in [-0.3, -0.25) is 0 Å². The van der Waals surface area contributed by atoms with Crippen molar-refractivity contribution in [1.29, 1.82) is 0 Å². The van der Waals surface area contributed by atoms with E-state index in [0.717, 1.165) is 23.4 Å². The molecule has 0 spiro atoms. The smallest absolute Gasteiger partial charge is 0.365 e. The zero-order chi connectivity index (χ0) is 8.55. The fourth-order valence-corrected chi connectivity index (χ4v) is 2.08. The van der Waals surface area contributed by atoms with Gasteiger partial charge in [0.15, 0.2) is 0 Å². The van der Waals surface area contributed by atoms with E-state index in [1.54, 1.807) is 0 Å². The highest BCUT2D eigenvalue weighted by Gasteiger charge is 2.15. The third-order valence-electron chi connectivity index (χ3n) is 1.72. The number of hydrogen-bond acceptors (Lipinski definition) is 3. The molecule has 0 aliphatic heterocycles. The SMILES string of the molecule is O=C(O)c1nc2c(s1)CCC=C2. The Morgan fingerprint density at radius 1 is 1.67 bits per heavy atom. The van der Waals surface area contributed by atoms with Crippen molar-refractivity contribution in [3.63, 3.8) is 0 Å². The molecule has 12 heavy (non-hydrogen) atoms. The Bertz CT molecular complexity index is 354. The predicted octanol–water partition coefficient (Wildman–Crippen LogP) is 1.80. The van der Waals surface area contributed by atoms with Crippen LogP contribution in [-0.4, -0.2) is 16.1 Å². The van der Waals surface area contributed by atoms with Gasteiger partial charge in [-0.15, -0.1) is 11.3 Å². The van der Waals surface area contributed by atoms with Gasteiger partial charge in [0.05, 0.1) is 5.69 Å². The van der Waals surface area contributed by atoms with E-state index < -0.39 is 5.97 Å². The van der Waals surface area contributed by atoms with Crippen molar-refractivity contribution in [2.45, 2.75) is 12.8 Å². The molecule has 0 amide bonds. The second-order valence-electron chi connectivity index (χ2n) is 2.57. The van der Waals surface area contributed by atoms with E-state index in [9.17, 15) is 4.79 Å². The van der Waals surface area contributed by atoms with Crippen LogP contribution in [0.1, 0.15) is 26.8 Å². The van der Waals surface area contributed by atoms with Crippen LogP contribution >= 0.6 is 11.3 Å². The third-order valence-corrected chi connectivity index (χ3v) is 2.84. The number of carboxylic acid groups (broad SMARTS) is 1. The molecule has 1 N–H and O–H groups in total. The number of aromatic nitrogens is 1. The molecule has 0 radical (unpaired) electrons. The highest BCUT2D eigenvalue weighted by atomic mass is 32.1. The van der Waals surface area contributed by atoms with Crippen LogP contribution in [0, 0.1) is 0 Å². The molecule has 0 unspecified atom stereocenters. The largest absolute Gasteiger partial charge is 0.476 e. The third kappa shape index (κ3) is 1.14. The Balaban J connectivity index is 2.46. The van der Waals surface area contributed by atoms with Gasteiger partial charge in [0.2, 0.25) is 5.01 Å². The molecule has 1 aromatic heterocycles. The highest BCUT2D eigenvalue weighted by Crippen LogP contribution is 2.24. The number of nitrogens with zero attached hydrogens (tertiary/aromatic N) is 1. The van der Waals surface area contributed by atoms with Crippen LogP contribution < -0.4 is 0 Å². The van der Waals surface area contributed by atoms with E-state index >= 15 is 0 Å². The molecule has 1 aliphatic carbocycles. The first kappa shape index (κ1) is 7.49. The topological polar surface area (TPSA) is 50.2 Å². The Labute approximate surface area is 73.4 Å². The molecule has 0 saturated carbocycles. The first-order valence-corrected chi connectivity index (χ1v) is 4.48. The number of hydrogen-bond donors (Lipinski definition) is 1. The molecule has 0 fully saturated rings. The molecule has 1 aliphatic rings. The summed E-state index contributed by atoms with van der Waals surface area (Å²) >= 11 is 1.28. The summed E-state index contributed by atoms with van der Waals surface area (Å²) < 4.78 is 0. The number of allylic oxidation sites excluding steroid dienone is 1. The molecule has 0 saturated heterocycles. The molecule has 62 valence electrons. The van der Waals surface area contributed by atoms with Crippen LogP contribution in [0.2, 0.25) is 0 Å². The summed E-state index contributed by atoms with van der Waals surface area (Å²) in [6, 6.07) is 0. The zero-order valence-corrected chi connectivity index (χ0v) is 7.10. The maximum Gasteiger partial charge on any atom is 0.365 e. The quantitative estimate of drug-likeness (QED) is 0.718. The van der Waals surface area contributed by atoms with Gasteiger partial charge in [0.25, 0.3) is 0 Å². The fourth-order valence-electron chi connectivity index (χ4n) is 1.17. The van der Waals surface area contributed by atoms with Gasteiger partial charge < -0.3 is 5.11 Å². The van der Waals surface area contributed by atoms with Crippen LogP contribution in [0.15, 0.2) is 6.08 Å². The maximum absolute atomic E-state index is 10.5. The lowest BCUT2D eigenvalue weighted by atomic mass is 10.1. The van der Waals surface area contributed by atoms with Gasteiger partial charge in [-0.1, -0.05) is 6.08 Å². The molecule has 0 bridgehead atoms. The molecule has 0 atom stereocenters. The second kappa shape index (κ2) is 2.71. The summed E-state index contributed by atoms with van der Waals surface area (Å²) in [6.45, 7) is 0. The van der Waals surface area contributed by atoms with Gasteiger partial charge in [-0.2, -0.15) is 0 Å². The van der Waals surface area contributed by atoms with Gasteiger partial charge in [-0.05, 0) is 18.9 Å². The lowest BCUT2D eigenvalue weighted by molar-refractivity contribution is 0.0696. The summed E-state index contributed by atoms with van der Waals surface area (Å²) in [5.41, 5.74) is 0.837. The van der Waals surface area contributed by atoms with Crippen LogP contribution in [0.4, 0.5) is 0 Å². The van der Waals surface area contributed by atoms with Crippen molar-refractivity contribution in [3.05, 3.63) is 21.7 Å². The number of rotatable bonds is 1. The molecule has 2 rings (SSSR count). The standard InChI is InChI=1S/C8H7NO2S/c10-8(11)7-9-5-3-1-2-4-6(5)12-7/h1,3H,2,4H2,(H,10,11). The normalized spacial score (nSPS) is 14.3. The van der Waals surface area contributed by atoms with E-state index in [4.69, 9.17) is 5.11 Å². The summed E-state index contributed by atoms with van der Waals surface area (Å²) in [5.74, 6) is -0.928. The number of carboxylic acids is 1. The van der Waals surface area contributed by atoms with Gasteiger partial charge >= 0.3 is 5.97 Å². The maximum atomic E-state index is 10.5. The number of fused-ring (bicyclic) bond motifs is 1. The Morgan fingerprint density at radius 3 is 3.17 bits per heavy atom. The molecular weight excluding hydrogens is 174 g/mol. The number of carbonyl (C=O) groups is 1. The average Bonchev–Trinajstić information content (AvgIpc) is 2.46. The summed E-state index contributed by atoms with van der Waals surface area (Å²) in [4.78, 5) is 15.6. The zero-order valence-electron chi connectivity index (χ0n) is 6.28. The molecule has 1 aromatic rings. The van der Waals surface area contributed by atoms with Crippen molar-refractivity contribution < 1.29 is 9.90 Å². The van der Waals surface area contributed by atoms with Gasteiger partial charge in [-0.25, -0.2) is 9.78 Å². The number of aromatic carboxylic acids is 1.